The van der Waals surface area contributed by atoms with E-state index in [0.29, 0.717) is 22.2 Å². The fourth-order valence-electron chi connectivity index (χ4n) is 2.83. The van der Waals surface area contributed by atoms with Gasteiger partial charge in [0.15, 0.2) is 11.6 Å². The maximum absolute atomic E-state index is 14.7. The van der Waals surface area contributed by atoms with E-state index in [0.717, 1.165) is 0 Å². The van der Waals surface area contributed by atoms with Gasteiger partial charge in [0, 0.05) is 16.6 Å². The van der Waals surface area contributed by atoms with Crippen molar-refractivity contribution in [3.8, 4) is 11.1 Å². The van der Waals surface area contributed by atoms with Crippen LogP contribution in [-0.4, -0.2) is 35.9 Å². The Balaban J connectivity index is 0.000000406. The van der Waals surface area contributed by atoms with Gasteiger partial charge in [-0.25, -0.2) is 17.6 Å². The molecule has 0 fully saturated rings. The van der Waals surface area contributed by atoms with E-state index in [2.05, 4.69) is 14.9 Å². The molecule has 0 atom stereocenters. The van der Waals surface area contributed by atoms with Crippen molar-refractivity contribution in [1.82, 2.24) is 10.2 Å². The molecule has 0 spiro atoms. The molecule has 13 heteroatoms. The lowest BCUT2D eigenvalue weighted by atomic mass is 10.0. The van der Waals surface area contributed by atoms with Crippen LogP contribution in [0, 0.1) is 5.82 Å². The number of alkyl halides is 3. The minimum Gasteiger partial charge on any atom is -0.475 e. The number of benzene rings is 3. The zero-order chi connectivity index (χ0) is 25.1. The van der Waals surface area contributed by atoms with Crippen LogP contribution in [0.5, 0.6) is 0 Å². The highest BCUT2D eigenvalue weighted by molar-refractivity contribution is 7.92. The van der Waals surface area contributed by atoms with Crippen LogP contribution in [0.15, 0.2) is 71.6 Å². The van der Waals surface area contributed by atoms with Crippen molar-refractivity contribution in [1.29, 1.82) is 0 Å². The second-order valence-corrected chi connectivity index (χ2v) is 8.44. The molecule has 0 aliphatic carbocycles. The van der Waals surface area contributed by atoms with Crippen LogP contribution in [0.2, 0.25) is 0 Å². The number of fused-ring (bicyclic) bond motifs is 1. The molecule has 8 nitrogen and oxygen atoms in total. The van der Waals surface area contributed by atoms with Crippen molar-refractivity contribution >= 4 is 38.4 Å². The molecular formula is C21H16F4N4O4S. The number of aliphatic carboxylic acids is 1. The number of nitrogen functional groups attached to an aromatic ring is 1. The Bertz CT molecular complexity index is 1420. The molecular weight excluding hydrogens is 480 g/mol. The first-order valence-corrected chi connectivity index (χ1v) is 10.8. The van der Waals surface area contributed by atoms with Crippen LogP contribution < -0.4 is 10.5 Å². The van der Waals surface area contributed by atoms with Gasteiger partial charge in [-0.15, -0.1) is 0 Å². The minimum absolute atomic E-state index is 0.169. The molecule has 0 bridgehead atoms. The van der Waals surface area contributed by atoms with Crippen LogP contribution >= 0.6 is 0 Å². The lowest BCUT2D eigenvalue weighted by Crippen LogP contribution is -2.21. The lowest BCUT2D eigenvalue weighted by Gasteiger charge is -2.09. The number of rotatable bonds is 4. The summed E-state index contributed by atoms with van der Waals surface area (Å²) in [4.78, 5) is 9.06. The molecule has 178 valence electrons. The maximum Gasteiger partial charge on any atom is 0.490 e. The molecule has 4 rings (SSSR count). The average Bonchev–Trinajstić information content (AvgIpc) is 3.16. The van der Waals surface area contributed by atoms with Crippen LogP contribution in [0.3, 0.4) is 0 Å². The van der Waals surface area contributed by atoms with Crippen molar-refractivity contribution in [2.75, 3.05) is 10.5 Å². The number of sulfonamides is 1. The number of nitrogens with zero attached hydrogens (tertiary/aromatic N) is 1. The zero-order valence-corrected chi connectivity index (χ0v) is 17.8. The second-order valence-electron chi connectivity index (χ2n) is 6.76. The molecule has 0 radical (unpaired) electrons. The summed E-state index contributed by atoms with van der Waals surface area (Å²) < 4.78 is 73.7. The Morgan fingerprint density at radius 2 is 1.59 bits per heavy atom. The smallest absolute Gasteiger partial charge is 0.475 e. The third kappa shape index (κ3) is 5.43. The Morgan fingerprint density at radius 3 is 2.15 bits per heavy atom. The number of nitrogens with one attached hydrogen (secondary N) is 2. The predicted octanol–water partition coefficient (Wildman–Crippen LogP) is 4.39. The van der Waals surface area contributed by atoms with E-state index in [-0.39, 0.29) is 16.2 Å². The van der Waals surface area contributed by atoms with Gasteiger partial charge in [-0.3, -0.25) is 9.82 Å². The van der Waals surface area contributed by atoms with Crippen LogP contribution in [-0.2, 0) is 14.8 Å². The predicted molar refractivity (Wildman–Crippen MR) is 117 cm³/mol. The number of aromatic nitrogens is 2. The molecule has 3 aromatic carbocycles. The number of nitrogens with two attached hydrogens (primary N) is 1. The normalized spacial score (nSPS) is 11.5. The summed E-state index contributed by atoms with van der Waals surface area (Å²) in [6, 6.07) is 17.8. The number of hydrogen-bond donors (Lipinski definition) is 4. The van der Waals surface area contributed by atoms with Crippen molar-refractivity contribution < 1.29 is 35.9 Å². The van der Waals surface area contributed by atoms with Crippen molar-refractivity contribution in [3.05, 3.63) is 72.5 Å². The van der Waals surface area contributed by atoms with Crippen LogP contribution in [0.4, 0.5) is 29.1 Å². The lowest BCUT2D eigenvalue weighted by molar-refractivity contribution is -0.192. The van der Waals surface area contributed by atoms with E-state index in [9.17, 15) is 26.0 Å². The van der Waals surface area contributed by atoms with E-state index in [1.165, 1.54) is 12.1 Å². The highest BCUT2D eigenvalue weighted by Gasteiger charge is 2.38. The summed E-state index contributed by atoms with van der Waals surface area (Å²) >= 11 is 0. The molecule has 1 aromatic heterocycles. The third-order valence-electron chi connectivity index (χ3n) is 4.45. The number of aromatic amines is 1. The van der Waals surface area contributed by atoms with Crippen molar-refractivity contribution in [3.63, 3.8) is 0 Å². The molecule has 0 saturated carbocycles. The number of anilines is 2. The van der Waals surface area contributed by atoms with E-state index < -0.39 is 28.0 Å². The molecule has 0 aliphatic rings. The number of carboxylic acid groups (broad SMARTS) is 1. The van der Waals surface area contributed by atoms with Crippen LogP contribution in [0.25, 0.3) is 22.0 Å². The van der Waals surface area contributed by atoms with Gasteiger partial charge >= 0.3 is 12.1 Å². The Morgan fingerprint density at radius 1 is 1.00 bits per heavy atom. The monoisotopic (exact) mass is 496 g/mol. The molecule has 34 heavy (non-hydrogen) atoms. The quantitative estimate of drug-likeness (QED) is 0.309. The molecule has 0 saturated heterocycles. The maximum atomic E-state index is 14.7. The zero-order valence-electron chi connectivity index (χ0n) is 17.0. The largest absolute Gasteiger partial charge is 0.490 e. The summed E-state index contributed by atoms with van der Waals surface area (Å²) in [5.74, 6) is -2.98. The minimum atomic E-state index is -5.08. The van der Waals surface area contributed by atoms with Crippen LogP contribution in [0.1, 0.15) is 0 Å². The first kappa shape index (κ1) is 24.5. The number of carboxylic acids is 1. The van der Waals surface area contributed by atoms with E-state index in [1.54, 1.807) is 54.6 Å². The molecule has 0 amide bonds. The fourth-order valence-corrected chi connectivity index (χ4v) is 3.91. The van der Waals surface area contributed by atoms with Gasteiger partial charge in [-0.1, -0.05) is 36.4 Å². The van der Waals surface area contributed by atoms with E-state index in [4.69, 9.17) is 15.6 Å². The van der Waals surface area contributed by atoms with Gasteiger partial charge in [0.05, 0.1) is 4.90 Å². The topological polar surface area (TPSA) is 138 Å². The van der Waals surface area contributed by atoms with E-state index >= 15 is 0 Å². The molecule has 0 aliphatic heterocycles. The second kappa shape index (κ2) is 9.39. The van der Waals surface area contributed by atoms with Gasteiger partial charge in [0.2, 0.25) is 0 Å². The molecule has 0 unspecified atom stereocenters. The van der Waals surface area contributed by atoms with Crippen molar-refractivity contribution in [2.24, 2.45) is 0 Å². The molecule has 1 heterocycles. The molecule has 4 aromatic rings. The van der Waals surface area contributed by atoms with Gasteiger partial charge < -0.3 is 10.8 Å². The summed E-state index contributed by atoms with van der Waals surface area (Å²) in [7, 11) is -3.68. The standard InChI is InChI=1S/C19H15FN4O2S.C2HF3O2/c20-17-15(10-11-16-18(17)22-23-19(16)21)12-6-8-13(9-7-12)24-27(25,26)14-4-2-1-3-5-14;3-2(4,5)1(6)7/h1-11,24H,(H3,21,22,23);(H,6,7). The first-order valence-electron chi connectivity index (χ1n) is 9.30. The van der Waals surface area contributed by atoms with Gasteiger partial charge in [-0.05, 0) is 35.9 Å². The highest BCUT2D eigenvalue weighted by atomic mass is 32.2. The summed E-state index contributed by atoms with van der Waals surface area (Å²) in [6.45, 7) is 0. The first-order chi connectivity index (χ1) is 15.9. The highest BCUT2D eigenvalue weighted by Crippen LogP contribution is 2.31. The number of H-pyrrole nitrogens is 1. The number of hydrogen-bond acceptors (Lipinski definition) is 5. The Kier molecular flexibility index (Phi) is 6.77. The molecule has 5 N–H and O–H groups in total. The summed E-state index contributed by atoms with van der Waals surface area (Å²) in [5, 5.41) is 14.0. The Labute approximate surface area is 190 Å². The SMILES string of the molecule is Nc1n[nH]c2c(F)c(-c3ccc(NS(=O)(=O)c4ccccc4)cc3)ccc12.O=C(O)C(F)(F)F. The summed E-state index contributed by atoms with van der Waals surface area (Å²) in [6.07, 6.45) is -5.08. The van der Waals surface area contributed by atoms with E-state index in [1.807, 2.05) is 0 Å². The number of halogens is 4. The average molecular weight is 496 g/mol. The van der Waals surface area contributed by atoms with Gasteiger partial charge in [0.25, 0.3) is 10.0 Å². The fraction of sp³-hybridized carbons (Fsp3) is 0.0476. The van der Waals surface area contributed by atoms with Crippen molar-refractivity contribution in [2.45, 2.75) is 11.1 Å². The third-order valence-corrected chi connectivity index (χ3v) is 5.85. The van der Waals surface area contributed by atoms with Gasteiger partial charge in [0.1, 0.15) is 5.52 Å². The summed E-state index contributed by atoms with van der Waals surface area (Å²) in [5.41, 5.74) is 7.27. The van der Waals surface area contributed by atoms with Gasteiger partial charge in [-0.2, -0.15) is 18.3 Å². The number of carbonyl (C=O) groups is 1. The Hall–Kier alpha value is -4.13.